The number of carboxylic acid groups (broad SMARTS) is 1. The van der Waals surface area contributed by atoms with Crippen LogP contribution in [0.2, 0.25) is 0 Å². The molecule has 9 nitrogen and oxygen atoms in total. The Labute approximate surface area is 527 Å². The summed E-state index contributed by atoms with van der Waals surface area (Å²) in [5.41, 5.74) is 0. The third-order valence-electron chi connectivity index (χ3n) is 16.6. The van der Waals surface area contributed by atoms with E-state index in [1.165, 1.54) is 283 Å². The van der Waals surface area contributed by atoms with Crippen LogP contribution in [0.3, 0.4) is 0 Å². The average Bonchev–Trinajstić information content (AvgIpc) is 3.49. The van der Waals surface area contributed by atoms with Crippen LogP contribution in [-0.4, -0.2) is 87.4 Å². The molecule has 0 aliphatic rings. The van der Waals surface area contributed by atoms with Crippen LogP contribution in [0.15, 0.2) is 48.6 Å². The number of allylic oxidation sites excluding steroid dienone is 8. The molecule has 0 saturated heterocycles. The van der Waals surface area contributed by atoms with Crippen molar-refractivity contribution in [1.29, 1.82) is 0 Å². The third kappa shape index (κ3) is 68.6. The average molecular weight is 1200 g/mol. The maximum atomic E-state index is 13.0. The Balaban J connectivity index is 4.06. The van der Waals surface area contributed by atoms with Gasteiger partial charge in [0.2, 0.25) is 0 Å². The van der Waals surface area contributed by atoms with Crippen molar-refractivity contribution in [2.75, 3.05) is 47.5 Å². The summed E-state index contributed by atoms with van der Waals surface area (Å²) in [7, 11) is 5.99. The summed E-state index contributed by atoms with van der Waals surface area (Å²) < 4.78 is 23.0. The molecule has 0 spiro atoms. The quantitative estimate of drug-likeness (QED) is 0.0211. The fourth-order valence-corrected chi connectivity index (χ4v) is 10.9. The lowest BCUT2D eigenvalue weighted by Crippen LogP contribution is -2.40. The lowest BCUT2D eigenvalue weighted by Gasteiger charge is -2.25. The van der Waals surface area contributed by atoms with Gasteiger partial charge in [0.05, 0.1) is 34.4 Å². The largest absolute Gasteiger partial charge is 0.477 e. The molecular formula is C76H142NO8+. The van der Waals surface area contributed by atoms with Gasteiger partial charge >= 0.3 is 17.9 Å². The summed E-state index contributed by atoms with van der Waals surface area (Å²) in [5.74, 6) is -1.98. The van der Waals surface area contributed by atoms with Gasteiger partial charge in [-0.3, -0.25) is 9.59 Å². The van der Waals surface area contributed by atoms with E-state index in [9.17, 15) is 19.5 Å². The minimum Gasteiger partial charge on any atom is -0.477 e. The van der Waals surface area contributed by atoms with E-state index in [-0.39, 0.29) is 38.2 Å². The molecule has 0 aromatic carbocycles. The SMILES string of the molecule is CCCCCCC/C=C\C/C=C\C/C=C\CCCCCCCCCCCCCCCCCCC(=O)OC(COC(=O)CCCCCCCCCCCCCCCCCCC/C=C\CCCCCCCCCC)COC(OCC[N+](C)(C)C)C(=O)O. The number of likely N-dealkylation sites (N-methyl/N-ethyl adjacent to an activating group) is 1. The number of hydrogen-bond acceptors (Lipinski definition) is 7. The highest BCUT2D eigenvalue weighted by atomic mass is 16.7. The van der Waals surface area contributed by atoms with Crippen LogP contribution in [0.25, 0.3) is 0 Å². The topological polar surface area (TPSA) is 108 Å². The lowest BCUT2D eigenvalue weighted by molar-refractivity contribution is -0.870. The molecule has 0 aromatic heterocycles. The van der Waals surface area contributed by atoms with E-state index < -0.39 is 18.4 Å². The Morgan fingerprint density at radius 2 is 0.635 bits per heavy atom. The standard InChI is InChI=1S/C76H141NO8/c1-6-8-10-12-14-16-18-20-22-24-26-28-30-32-34-36-37-39-41-43-45-47-49-51-53-55-57-59-61-63-65-67-74(79)85-72(71-84-76(75(80)81)82-69-68-77(3,4)5)70-83-73(78)66-64-62-60-58-56-54-52-50-48-46-44-42-40-38-35-33-31-29-27-25-23-21-19-17-15-13-11-9-7-2/h18,20,24-27,30,32,72,76H,6-17,19,21-23,28-29,31,33-71H2,1-5H3/p+1/b20-18-,26-24-,27-25-,32-30-. The number of carbonyl (C=O) groups is 3. The van der Waals surface area contributed by atoms with Gasteiger partial charge in [0.25, 0.3) is 6.29 Å². The Hall–Kier alpha value is -2.75. The van der Waals surface area contributed by atoms with Gasteiger partial charge in [0.1, 0.15) is 13.2 Å². The summed E-state index contributed by atoms with van der Waals surface area (Å²) in [5, 5.41) is 9.76. The second kappa shape index (κ2) is 67.2. The molecule has 0 aliphatic carbocycles. The minimum atomic E-state index is -1.51. The number of unbranched alkanes of at least 4 members (excludes halogenated alkanes) is 46. The molecule has 2 unspecified atom stereocenters. The summed E-state index contributed by atoms with van der Waals surface area (Å²) in [6, 6.07) is 0. The first kappa shape index (κ1) is 82.2. The van der Waals surface area contributed by atoms with Crippen molar-refractivity contribution in [3.05, 3.63) is 48.6 Å². The molecule has 498 valence electrons. The second-order valence-corrected chi connectivity index (χ2v) is 26.3. The summed E-state index contributed by atoms with van der Waals surface area (Å²) >= 11 is 0. The fraction of sp³-hybridized carbons (Fsp3) is 0.855. The number of ether oxygens (including phenoxy) is 4. The predicted octanol–water partition coefficient (Wildman–Crippen LogP) is 22.9. The van der Waals surface area contributed by atoms with E-state index in [4.69, 9.17) is 18.9 Å². The number of hydrogen-bond donors (Lipinski definition) is 1. The van der Waals surface area contributed by atoms with E-state index in [2.05, 4.69) is 62.5 Å². The highest BCUT2D eigenvalue weighted by Gasteiger charge is 2.25. The molecule has 0 aromatic rings. The van der Waals surface area contributed by atoms with Crippen molar-refractivity contribution >= 4 is 17.9 Å². The van der Waals surface area contributed by atoms with E-state index >= 15 is 0 Å². The first-order chi connectivity index (χ1) is 41.6. The summed E-state index contributed by atoms with van der Waals surface area (Å²) in [6.07, 6.45) is 83.8. The van der Waals surface area contributed by atoms with Crippen molar-refractivity contribution in [2.45, 2.75) is 373 Å². The van der Waals surface area contributed by atoms with E-state index in [1.54, 1.807) is 0 Å². The maximum Gasteiger partial charge on any atom is 0.361 e. The molecule has 0 saturated carbocycles. The maximum absolute atomic E-state index is 13.0. The number of aliphatic carboxylic acids is 1. The molecule has 0 aliphatic heterocycles. The van der Waals surface area contributed by atoms with Gasteiger partial charge in [-0.2, -0.15) is 0 Å². The number of carbonyl (C=O) groups excluding carboxylic acids is 2. The van der Waals surface area contributed by atoms with Crippen molar-refractivity contribution in [1.82, 2.24) is 0 Å². The molecule has 0 rings (SSSR count). The first-order valence-electron chi connectivity index (χ1n) is 36.8. The number of quaternary nitrogens is 1. The fourth-order valence-electron chi connectivity index (χ4n) is 10.9. The number of rotatable bonds is 69. The van der Waals surface area contributed by atoms with E-state index in [1.807, 2.05) is 21.1 Å². The molecular weight excluding hydrogens is 1050 g/mol. The highest BCUT2D eigenvalue weighted by Crippen LogP contribution is 2.19. The van der Waals surface area contributed by atoms with Gasteiger partial charge in [0.15, 0.2) is 6.10 Å². The van der Waals surface area contributed by atoms with Crippen molar-refractivity contribution in [2.24, 2.45) is 0 Å². The molecule has 1 N–H and O–H groups in total. The molecule has 0 fully saturated rings. The van der Waals surface area contributed by atoms with Crippen molar-refractivity contribution in [3.8, 4) is 0 Å². The monoisotopic (exact) mass is 1200 g/mol. The van der Waals surface area contributed by atoms with Crippen LogP contribution in [0.4, 0.5) is 0 Å². The lowest BCUT2D eigenvalue weighted by atomic mass is 10.0. The highest BCUT2D eigenvalue weighted by molar-refractivity contribution is 5.71. The molecule has 2 atom stereocenters. The smallest absolute Gasteiger partial charge is 0.361 e. The van der Waals surface area contributed by atoms with Gasteiger partial charge in [0, 0.05) is 12.8 Å². The number of carboxylic acids is 1. The molecule has 0 amide bonds. The normalized spacial score (nSPS) is 12.9. The van der Waals surface area contributed by atoms with E-state index in [0.29, 0.717) is 17.4 Å². The number of esters is 2. The van der Waals surface area contributed by atoms with Crippen molar-refractivity contribution < 1.29 is 42.9 Å². The van der Waals surface area contributed by atoms with Gasteiger partial charge in [-0.05, 0) is 77.0 Å². The third-order valence-corrected chi connectivity index (χ3v) is 16.6. The summed E-state index contributed by atoms with van der Waals surface area (Å²) in [4.78, 5) is 37.7. The van der Waals surface area contributed by atoms with Crippen LogP contribution in [0, 0.1) is 0 Å². The van der Waals surface area contributed by atoms with Crippen LogP contribution >= 0.6 is 0 Å². The first-order valence-corrected chi connectivity index (χ1v) is 36.8. The molecule has 9 heteroatoms. The number of nitrogens with zero attached hydrogens (tertiary/aromatic N) is 1. The minimum absolute atomic E-state index is 0.178. The molecule has 0 bridgehead atoms. The zero-order valence-electron chi connectivity index (χ0n) is 57.0. The van der Waals surface area contributed by atoms with E-state index in [0.717, 1.165) is 51.4 Å². The molecule has 0 radical (unpaired) electrons. The van der Waals surface area contributed by atoms with Gasteiger partial charge in [-0.1, -0.05) is 319 Å². The molecule has 85 heavy (non-hydrogen) atoms. The Kier molecular flexibility index (Phi) is 65.0. The zero-order valence-corrected chi connectivity index (χ0v) is 57.0. The summed E-state index contributed by atoms with van der Waals surface area (Å²) in [6.45, 7) is 4.93. The van der Waals surface area contributed by atoms with Crippen LogP contribution in [-0.2, 0) is 33.3 Å². The van der Waals surface area contributed by atoms with Crippen molar-refractivity contribution in [3.63, 3.8) is 0 Å². The Bertz CT molecular complexity index is 1530. The van der Waals surface area contributed by atoms with Crippen LogP contribution in [0.1, 0.15) is 361 Å². The van der Waals surface area contributed by atoms with Crippen LogP contribution < -0.4 is 0 Å². The Morgan fingerprint density at radius 1 is 0.353 bits per heavy atom. The second-order valence-electron chi connectivity index (χ2n) is 26.3. The zero-order chi connectivity index (χ0) is 61.9. The van der Waals surface area contributed by atoms with Gasteiger partial charge in [-0.25, -0.2) is 4.79 Å². The van der Waals surface area contributed by atoms with Gasteiger partial charge < -0.3 is 28.5 Å². The molecule has 0 heterocycles. The predicted molar refractivity (Wildman–Crippen MR) is 364 cm³/mol. The van der Waals surface area contributed by atoms with Gasteiger partial charge in [-0.15, -0.1) is 0 Å². The Morgan fingerprint density at radius 3 is 0.953 bits per heavy atom. The van der Waals surface area contributed by atoms with Crippen LogP contribution in [0.5, 0.6) is 0 Å².